The summed E-state index contributed by atoms with van der Waals surface area (Å²) in [5.41, 5.74) is 2.04. The number of benzene rings is 1. The molecule has 5 heteroatoms. The normalized spacial score (nSPS) is 10.7. The Labute approximate surface area is 103 Å². The number of H-pyrrole nitrogens is 1. The Hall–Kier alpha value is -2.56. The van der Waals surface area contributed by atoms with E-state index in [-0.39, 0.29) is 12.5 Å². The first-order chi connectivity index (χ1) is 8.83. The van der Waals surface area contributed by atoms with E-state index >= 15 is 0 Å². The molecule has 0 aliphatic carbocycles. The number of amides is 1. The average molecular weight is 241 g/mol. The molecule has 0 saturated heterocycles. The average Bonchev–Trinajstić information content (AvgIpc) is 3.04. The van der Waals surface area contributed by atoms with Gasteiger partial charge in [0, 0.05) is 6.20 Å². The summed E-state index contributed by atoms with van der Waals surface area (Å²) in [6.07, 6.45) is 1.70. The summed E-state index contributed by atoms with van der Waals surface area (Å²) in [6.45, 7) is 0.270. The lowest BCUT2D eigenvalue weighted by Gasteiger charge is -1.99. The summed E-state index contributed by atoms with van der Waals surface area (Å²) in [4.78, 5) is 18.8. The molecule has 2 heterocycles. The third-order valence-electron chi connectivity index (χ3n) is 2.58. The van der Waals surface area contributed by atoms with Crippen molar-refractivity contribution in [1.82, 2.24) is 15.3 Å². The highest BCUT2D eigenvalue weighted by Crippen LogP contribution is 2.14. The minimum absolute atomic E-state index is 0.178. The van der Waals surface area contributed by atoms with Crippen LogP contribution in [0.25, 0.3) is 11.1 Å². The van der Waals surface area contributed by atoms with Gasteiger partial charge in [-0.05, 0) is 24.3 Å². The molecule has 2 N–H and O–H groups in total. The van der Waals surface area contributed by atoms with Crippen molar-refractivity contribution in [2.24, 2.45) is 0 Å². The molecule has 0 aliphatic rings. The largest absolute Gasteiger partial charge is 0.439 e. The van der Waals surface area contributed by atoms with Crippen molar-refractivity contribution in [3.8, 4) is 0 Å². The maximum absolute atomic E-state index is 11.7. The molecule has 0 saturated carbocycles. The molecule has 3 aromatic rings. The zero-order chi connectivity index (χ0) is 12.4. The molecule has 0 unspecified atom stereocenters. The van der Waals surface area contributed by atoms with Crippen molar-refractivity contribution in [2.75, 3.05) is 0 Å². The number of fused-ring (bicyclic) bond motifs is 1. The SMILES string of the molecule is O=C(NCc1nc2ccccc2o1)c1ccc[nH]1. The van der Waals surface area contributed by atoms with E-state index in [9.17, 15) is 4.79 Å². The van der Waals surface area contributed by atoms with Gasteiger partial charge in [-0.15, -0.1) is 0 Å². The number of aromatic amines is 1. The monoisotopic (exact) mass is 241 g/mol. The summed E-state index contributed by atoms with van der Waals surface area (Å²) in [6, 6.07) is 11.0. The Morgan fingerprint density at radius 2 is 2.17 bits per heavy atom. The number of para-hydroxylation sites is 2. The van der Waals surface area contributed by atoms with E-state index in [4.69, 9.17) is 4.42 Å². The van der Waals surface area contributed by atoms with Crippen molar-refractivity contribution in [1.29, 1.82) is 0 Å². The van der Waals surface area contributed by atoms with Gasteiger partial charge in [0.15, 0.2) is 5.58 Å². The molecular weight excluding hydrogens is 230 g/mol. The van der Waals surface area contributed by atoms with Crippen LogP contribution in [0.5, 0.6) is 0 Å². The van der Waals surface area contributed by atoms with Gasteiger partial charge in [-0.25, -0.2) is 4.98 Å². The Bertz CT molecular complexity index is 637. The molecule has 5 nitrogen and oxygen atoms in total. The second-order valence-corrected chi connectivity index (χ2v) is 3.84. The van der Waals surface area contributed by atoms with Crippen molar-refractivity contribution >= 4 is 17.0 Å². The Morgan fingerprint density at radius 3 is 2.94 bits per heavy atom. The topological polar surface area (TPSA) is 70.9 Å². The molecule has 90 valence electrons. The highest BCUT2D eigenvalue weighted by molar-refractivity contribution is 5.92. The Morgan fingerprint density at radius 1 is 1.28 bits per heavy atom. The Balaban J connectivity index is 1.71. The lowest BCUT2D eigenvalue weighted by Crippen LogP contribution is -2.23. The van der Waals surface area contributed by atoms with Gasteiger partial charge in [0.25, 0.3) is 5.91 Å². The third kappa shape index (κ3) is 1.98. The van der Waals surface area contributed by atoms with Crippen molar-refractivity contribution in [2.45, 2.75) is 6.54 Å². The maximum Gasteiger partial charge on any atom is 0.268 e. The van der Waals surface area contributed by atoms with Gasteiger partial charge in [0.1, 0.15) is 11.2 Å². The summed E-state index contributed by atoms with van der Waals surface area (Å²) in [5, 5.41) is 2.74. The number of hydrogen-bond acceptors (Lipinski definition) is 3. The standard InChI is InChI=1S/C13H11N3O2/c17-13(10-5-3-7-14-10)15-8-12-16-9-4-1-2-6-11(9)18-12/h1-7,14H,8H2,(H,15,17). The number of aromatic nitrogens is 2. The Kier molecular flexibility index (Phi) is 2.57. The zero-order valence-corrected chi connectivity index (χ0v) is 9.51. The van der Waals surface area contributed by atoms with Crippen LogP contribution in [0.4, 0.5) is 0 Å². The van der Waals surface area contributed by atoms with Gasteiger partial charge < -0.3 is 14.7 Å². The first kappa shape index (κ1) is 10.6. The number of carbonyl (C=O) groups is 1. The smallest absolute Gasteiger partial charge is 0.268 e. The van der Waals surface area contributed by atoms with Crippen LogP contribution in [0.3, 0.4) is 0 Å². The molecule has 3 rings (SSSR count). The van der Waals surface area contributed by atoms with Crippen LogP contribution < -0.4 is 5.32 Å². The molecular formula is C13H11N3O2. The van der Waals surface area contributed by atoms with Crippen molar-refractivity contribution < 1.29 is 9.21 Å². The van der Waals surface area contributed by atoms with E-state index in [2.05, 4.69) is 15.3 Å². The number of hydrogen-bond donors (Lipinski definition) is 2. The van der Waals surface area contributed by atoms with E-state index in [1.165, 1.54) is 0 Å². The fourth-order valence-electron chi connectivity index (χ4n) is 1.72. The minimum Gasteiger partial charge on any atom is -0.439 e. The molecule has 0 fully saturated rings. The van der Waals surface area contributed by atoms with Crippen LogP contribution in [0.15, 0.2) is 47.0 Å². The molecule has 0 spiro atoms. The summed E-state index contributed by atoms with van der Waals surface area (Å²) >= 11 is 0. The van der Waals surface area contributed by atoms with Crippen LogP contribution in [0.2, 0.25) is 0 Å². The molecule has 1 aromatic carbocycles. The molecule has 2 aromatic heterocycles. The highest BCUT2D eigenvalue weighted by atomic mass is 16.3. The second kappa shape index (κ2) is 4.37. The van der Waals surface area contributed by atoms with Gasteiger partial charge in [-0.2, -0.15) is 0 Å². The van der Waals surface area contributed by atoms with Gasteiger partial charge in [-0.1, -0.05) is 12.1 Å². The first-order valence-electron chi connectivity index (χ1n) is 5.59. The molecule has 0 bridgehead atoms. The van der Waals surface area contributed by atoms with Gasteiger partial charge in [0.05, 0.1) is 6.54 Å². The van der Waals surface area contributed by atoms with Gasteiger partial charge in [0.2, 0.25) is 5.89 Å². The maximum atomic E-state index is 11.7. The van der Waals surface area contributed by atoms with Crippen LogP contribution >= 0.6 is 0 Å². The zero-order valence-electron chi connectivity index (χ0n) is 9.51. The minimum atomic E-state index is -0.178. The van der Waals surface area contributed by atoms with Crippen LogP contribution in [0.1, 0.15) is 16.4 Å². The summed E-state index contributed by atoms with van der Waals surface area (Å²) in [5.74, 6) is 0.318. The van der Waals surface area contributed by atoms with E-state index in [1.54, 1.807) is 18.3 Å². The van der Waals surface area contributed by atoms with Crippen molar-refractivity contribution in [3.63, 3.8) is 0 Å². The molecule has 0 atom stereocenters. The number of rotatable bonds is 3. The predicted octanol–water partition coefficient (Wildman–Crippen LogP) is 2.09. The summed E-state index contributed by atoms with van der Waals surface area (Å²) in [7, 11) is 0. The first-order valence-corrected chi connectivity index (χ1v) is 5.59. The predicted molar refractivity (Wildman–Crippen MR) is 66.0 cm³/mol. The molecule has 1 amide bonds. The third-order valence-corrected chi connectivity index (χ3v) is 2.58. The molecule has 18 heavy (non-hydrogen) atoms. The van der Waals surface area contributed by atoms with Crippen LogP contribution in [0, 0.1) is 0 Å². The van der Waals surface area contributed by atoms with Crippen molar-refractivity contribution in [3.05, 3.63) is 54.2 Å². The van der Waals surface area contributed by atoms with Gasteiger partial charge >= 0.3 is 0 Å². The number of nitrogens with one attached hydrogen (secondary N) is 2. The quantitative estimate of drug-likeness (QED) is 0.737. The molecule has 0 radical (unpaired) electrons. The van der Waals surface area contributed by atoms with Gasteiger partial charge in [-0.3, -0.25) is 4.79 Å². The number of oxazole rings is 1. The molecule has 0 aliphatic heterocycles. The van der Waals surface area contributed by atoms with E-state index in [1.807, 2.05) is 24.3 Å². The van der Waals surface area contributed by atoms with E-state index in [0.29, 0.717) is 11.6 Å². The number of nitrogens with zero attached hydrogens (tertiary/aromatic N) is 1. The lowest BCUT2D eigenvalue weighted by atomic mass is 10.3. The fraction of sp³-hybridized carbons (Fsp3) is 0.0769. The number of carbonyl (C=O) groups excluding carboxylic acids is 1. The fourth-order valence-corrected chi connectivity index (χ4v) is 1.72. The second-order valence-electron chi connectivity index (χ2n) is 3.84. The van der Waals surface area contributed by atoms with E-state index in [0.717, 1.165) is 11.1 Å². The van der Waals surface area contributed by atoms with E-state index < -0.39 is 0 Å². The van der Waals surface area contributed by atoms with Crippen LogP contribution in [-0.4, -0.2) is 15.9 Å². The highest BCUT2D eigenvalue weighted by Gasteiger charge is 2.08. The lowest BCUT2D eigenvalue weighted by molar-refractivity contribution is 0.0943. The van der Waals surface area contributed by atoms with Crippen LogP contribution in [-0.2, 0) is 6.54 Å². The summed E-state index contributed by atoms with van der Waals surface area (Å²) < 4.78 is 5.50.